The molecule has 1 rings (SSSR count). The van der Waals surface area contributed by atoms with E-state index < -0.39 is 60.2 Å². The van der Waals surface area contributed by atoms with Crippen molar-refractivity contribution in [1.29, 1.82) is 0 Å². The summed E-state index contributed by atoms with van der Waals surface area (Å²) in [5.41, 5.74) is 26.9. The van der Waals surface area contributed by atoms with E-state index >= 15 is 0 Å². The van der Waals surface area contributed by atoms with Gasteiger partial charge in [0.1, 0.15) is 18.1 Å². The molecule has 14 N–H and O–H groups in total. The van der Waals surface area contributed by atoms with Gasteiger partial charge in [-0.3, -0.25) is 29.2 Å². The van der Waals surface area contributed by atoms with Crippen LogP contribution in [0.25, 0.3) is 0 Å². The summed E-state index contributed by atoms with van der Waals surface area (Å²) in [5.74, 6) is -4.67. The van der Waals surface area contributed by atoms with Crippen LogP contribution >= 0.6 is 0 Å². The van der Waals surface area contributed by atoms with Crippen LogP contribution in [0.1, 0.15) is 51.4 Å². The standard InChI is InChI=1S/C22H40N10O7/c23-12(4-1-9-28-21(24)25)17(35)30-13(7-8-16(33)34)19(37)32-11-3-6-15(32)18(36)31-14(20(38)39)5-2-10-29-22(26)27/h12-15H,1-11,23H2,(H,30,35)(H,31,36)(H,33,34)(H,38,39)(H4,24,25,28)(H4,26,27,29). The molecule has 0 saturated carbocycles. The highest BCUT2D eigenvalue weighted by atomic mass is 16.4. The molecule has 0 aromatic rings. The molecule has 4 atom stereocenters. The number of nitrogens with zero attached hydrogens (tertiary/aromatic N) is 3. The number of likely N-dealkylation sites (tertiary alicyclic amines) is 1. The van der Waals surface area contributed by atoms with Gasteiger partial charge in [0.15, 0.2) is 11.9 Å². The molecule has 17 heteroatoms. The van der Waals surface area contributed by atoms with Gasteiger partial charge in [0, 0.05) is 26.1 Å². The summed E-state index contributed by atoms with van der Waals surface area (Å²) in [7, 11) is 0. The fraction of sp³-hybridized carbons (Fsp3) is 0.682. The minimum Gasteiger partial charge on any atom is -0.481 e. The van der Waals surface area contributed by atoms with E-state index in [9.17, 15) is 29.1 Å². The maximum Gasteiger partial charge on any atom is 0.326 e. The number of nitrogens with two attached hydrogens (primary N) is 5. The van der Waals surface area contributed by atoms with Gasteiger partial charge in [0.25, 0.3) is 0 Å². The minimum absolute atomic E-state index is 0.0525. The minimum atomic E-state index is -1.26. The maximum absolute atomic E-state index is 13.4. The Kier molecular flexibility index (Phi) is 14.0. The first-order chi connectivity index (χ1) is 18.3. The van der Waals surface area contributed by atoms with Crippen molar-refractivity contribution in [2.45, 2.75) is 75.5 Å². The second kappa shape index (κ2) is 16.6. The molecule has 1 heterocycles. The van der Waals surface area contributed by atoms with Crippen LogP contribution in [0.2, 0.25) is 0 Å². The van der Waals surface area contributed by atoms with E-state index in [4.69, 9.17) is 33.8 Å². The van der Waals surface area contributed by atoms with Crippen LogP contribution in [0, 0.1) is 0 Å². The number of rotatable bonds is 17. The Morgan fingerprint density at radius 3 is 2.00 bits per heavy atom. The number of guanidine groups is 2. The highest BCUT2D eigenvalue weighted by molar-refractivity contribution is 5.94. The van der Waals surface area contributed by atoms with Crippen LogP contribution in [0.4, 0.5) is 0 Å². The summed E-state index contributed by atoms with van der Waals surface area (Å²) in [6.45, 7) is 0.599. The van der Waals surface area contributed by atoms with Crippen molar-refractivity contribution in [1.82, 2.24) is 15.5 Å². The van der Waals surface area contributed by atoms with Gasteiger partial charge in [-0.1, -0.05) is 0 Å². The number of hydrogen-bond acceptors (Lipinski definition) is 8. The maximum atomic E-state index is 13.4. The highest BCUT2D eigenvalue weighted by Crippen LogP contribution is 2.20. The number of nitrogens with one attached hydrogen (secondary N) is 2. The molecular weight excluding hydrogens is 516 g/mol. The van der Waals surface area contributed by atoms with Crippen LogP contribution in [0.15, 0.2) is 9.98 Å². The third-order valence-corrected chi connectivity index (χ3v) is 5.96. The number of carboxylic acids is 2. The van der Waals surface area contributed by atoms with E-state index in [1.807, 2.05) is 0 Å². The van der Waals surface area contributed by atoms with Crippen LogP contribution < -0.4 is 39.3 Å². The van der Waals surface area contributed by atoms with Gasteiger partial charge >= 0.3 is 11.9 Å². The number of carbonyl (C=O) groups is 5. The van der Waals surface area contributed by atoms with Crippen LogP contribution in [0.3, 0.4) is 0 Å². The monoisotopic (exact) mass is 556 g/mol. The lowest BCUT2D eigenvalue weighted by atomic mass is 10.1. The SMILES string of the molecule is NC(N)=NCCCC(N)C(=O)NC(CCC(=O)O)C(=O)N1CCCC1C(=O)NC(CCCN=C(N)N)C(=O)O. The molecule has 220 valence electrons. The smallest absolute Gasteiger partial charge is 0.326 e. The van der Waals surface area contributed by atoms with Crippen molar-refractivity contribution in [2.24, 2.45) is 38.7 Å². The van der Waals surface area contributed by atoms with Gasteiger partial charge in [-0.05, 0) is 44.9 Å². The first kappa shape index (κ1) is 32.9. The lowest BCUT2D eigenvalue weighted by Crippen LogP contribution is -2.56. The summed E-state index contributed by atoms with van der Waals surface area (Å²) in [4.78, 5) is 70.6. The summed E-state index contributed by atoms with van der Waals surface area (Å²) in [6.07, 6.45) is 1.01. The topological polar surface area (TPSA) is 308 Å². The quantitative estimate of drug-likeness (QED) is 0.0475. The van der Waals surface area contributed by atoms with Gasteiger partial charge < -0.3 is 54.4 Å². The van der Waals surface area contributed by atoms with Crippen LogP contribution in [-0.2, 0) is 24.0 Å². The molecule has 1 aliphatic heterocycles. The van der Waals surface area contributed by atoms with Crippen molar-refractivity contribution in [3.63, 3.8) is 0 Å². The average Bonchev–Trinajstić information content (AvgIpc) is 3.35. The van der Waals surface area contributed by atoms with E-state index in [0.717, 1.165) is 0 Å². The van der Waals surface area contributed by atoms with Crippen LogP contribution in [0.5, 0.6) is 0 Å². The molecule has 0 aromatic carbocycles. The molecule has 1 aliphatic rings. The zero-order valence-electron chi connectivity index (χ0n) is 21.8. The lowest BCUT2D eigenvalue weighted by Gasteiger charge is -2.30. The Hall–Kier alpha value is -4.15. The van der Waals surface area contributed by atoms with Gasteiger partial charge in [-0.25, -0.2) is 4.79 Å². The van der Waals surface area contributed by atoms with Gasteiger partial charge in [0.2, 0.25) is 17.7 Å². The fourth-order valence-corrected chi connectivity index (χ4v) is 3.99. The first-order valence-corrected chi connectivity index (χ1v) is 12.6. The Morgan fingerprint density at radius 2 is 1.46 bits per heavy atom. The Bertz CT molecular complexity index is 934. The predicted octanol–water partition coefficient (Wildman–Crippen LogP) is -3.67. The van der Waals surface area contributed by atoms with Crippen LogP contribution in [-0.4, -0.2) is 100 Å². The largest absolute Gasteiger partial charge is 0.481 e. The summed E-state index contributed by atoms with van der Waals surface area (Å²) in [5, 5.41) is 23.6. The molecule has 17 nitrogen and oxygen atoms in total. The molecule has 0 aromatic heterocycles. The van der Waals surface area contributed by atoms with E-state index in [0.29, 0.717) is 12.8 Å². The van der Waals surface area contributed by atoms with E-state index in [1.54, 1.807) is 0 Å². The molecule has 4 unspecified atom stereocenters. The molecule has 0 aliphatic carbocycles. The van der Waals surface area contributed by atoms with Gasteiger partial charge in [-0.2, -0.15) is 0 Å². The molecular formula is C22H40N10O7. The highest BCUT2D eigenvalue weighted by Gasteiger charge is 2.39. The molecule has 0 radical (unpaired) electrons. The number of carboxylic acid groups (broad SMARTS) is 2. The lowest BCUT2D eigenvalue weighted by molar-refractivity contribution is -0.145. The van der Waals surface area contributed by atoms with E-state index in [-0.39, 0.29) is 63.7 Å². The number of hydrogen-bond donors (Lipinski definition) is 9. The Morgan fingerprint density at radius 1 is 0.872 bits per heavy atom. The zero-order chi connectivity index (χ0) is 29.5. The molecule has 0 bridgehead atoms. The van der Waals surface area contributed by atoms with Crippen molar-refractivity contribution in [2.75, 3.05) is 19.6 Å². The molecule has 3 amide bonds. The second-order valence-corrected chi connectivity index (χ2v) is 9.09. The summed E-state index contributed by atoms with van der Waals surface area (Å²) in [6, 6.07) is -4.48. The first-order valence-electron chi connectivity index (χ1n) is 12.6. The van der Waals surface area contributed by atoms with E-state index in [2.05, 4.69) is 20.6 Å². The molecule has 1 saturated heterocycles. The van der Waals surface area contributed by atoms with Gasteiger partial charge in [0.05, 0.1) is 6.04 Å². The second-order valence-electron chi connectivity index (χ2n) is 9.09. The number of carbonyl (C=O) groups excluding carboxylic acids is 3. The number of aliphatic imine (C=N–C) groups is 2. The summed E-state index contributed by atoms with van der Waals surface area (Å²) >= 11 is 0. The zero-order valence-corrected chi connectivity index (χ0v) is 21.8. The molecule has 0 spiro atoms. The van der Waals surface area contributed by atoms with Crippen molar-refractivity contribution in [3.8, 4) is 0 Å². The Balaban J connectivity index is 2.89. The third-order valence-electron chi connectivity index (χ3n) is 5.96. The number of aliphatic carboxylic acids is 2. The summed E-state index contributed by atoms with van der Waals surface area (Å²) < 4.78 is 0. The molecule has 39 heavy (non-hydrogen) atoms. The normalized spacial score (nSPS) is 16.8. The van der Waals surface area contributed by atoms with Crippen molar-refractivity contribution < 1.29 is 34.2 Å². The Labute approximate surface area is 225 Å². The van der Waals surface area contributed by atoms with Crippen molar-refractivity contribution >= 4 is 41.6 Å². The third kappa shape index (κ3) is 12.3. The fourth-order valence-electron chi connectivity index (χ4n) is 3.99. The predicted molar refractivity (Wildman–Crippen MR) is 141 cm³/mol. The number of amides is 3. The molecule has 1 fully saturated rings. The van der Waals surface area contributed by atoms with Crippen molar-refractivity contribution in [3.05, 3.63) is 0 Å². The average molecular weight is 557 g/mol. The van der Waals surface area contributed by atoms with E-state index in [1.165, 1.54) is 4.90 Å². The van der Waals surface area contributed by atoms with Gasteiger partial charge in [-0.15, -0.1) is 0 Å².